The Balaban J connectivity index is 1.16. The van der Waals surface area contributed by atoms with Crippen LogP contribution < -0.4 is 9.64 Å². The summed E-state index contributed by atoms with van der Waals surface area (Å²) in [6, 6.07) is 73.3. The predicted molar refractivity (Wildman–Crippen MR) is 234 cm³/mol. The second kappa shape index (κ2) is 12.0. The fourth-order valence-corrected chi connectivity index (χ4v) is 10.6. The standard InChI is InChI=1S/C53H33NOS/c1-2-13-34(14-3-1)35-25-27-38(28-26-35)54(47-20-12-24-51-52(47)41-17-6-11-23-50(41)56-51)39-29-30-40-42-31-36-15-4-5-16-37(36)32-45(42)53(46(40)33-39)43-18-7-9-21-48(43)55-49-22-10-8-19-44(49)53/h1-33H. The molecule has 0 atom stereocenters. The van der Waals surface area contributed by atoms with Crippen molar-refractivity contribution in [1.29, 1.82) is 0 Å². The second-order valence-corrected chi connectivity index (χ2v) is 15.9. The number of hydrogen-bond acceptors (Lipinski definition) is 3. The highest BCUT2D eigenvalue weighted by Gasteiger charge is 2.51. The third-order valence-electron chi connectivity index (χ3n) is 11.9. The molecule has 2 heterocycles. The Labute approximate surface area is 329 Å². The maximum absolute atomic E-state index is 6.72. The minimum atomic E-state index is -0.597. The van der Waals surface area contributed by atoms with Gasteiger partial charge in [-0.05, 0) is 111 Å². The van der Waals surface area contributed by atoms with Crippen LogP contribution in [-0.2, 0) is 5.41 Å². The highest BCUT2D eigenvalue weighted by atomic mass is 32.1. The molecule has 0 saturated carbocycles. The van der Waals surface area contributed by atoms with Gasteiger partial charge in [-0.1, -0.05) is 133 Å². The minimum Gasteiger partial charge on any atom is -0.457 e. The first-order valence-corrected chi connectivity index (χ1v) is 20.0. The Hall–Kier alpha value is -6.94. The van der Waals surface area contributed by atoms with Gasteiger partial charge in [0.15, 0.2) is 0 Å². The highest BCUT2D eigenvalue weighted by Crippen LogP contribution is 2.63. The van der Waals surface area contributed by atoms with Crippen molar-refractivity contribution < 1.29 is 4.74 Å². The summed E-state index contributed by atoms with van der Waals surface area (Å²) in [5, 5.41) is 5.02. The Morgan fingerprint density at radius 2 is 1.02 bits per heavy atom. The van der Waals surface area contributed by atoms with Gasteiger partial charge in [-0.2, -0.15) is 0 Å². The first-order chi connectivity index (χ1) is 27.8. The average Bonchev–Trinajstić information content (AvgIpc) is 3.77. The summed E-state index contributed by atoms with van der Waals surface area (Å²) >= 11 is 1.86. The second-order valence-electron chi connectivity index (χ2n) is 14.8. The van der Waals surface area contributed by atoms with Crippen LogP contribution in [0, 0.1) is 0 Å². The number of hydrogen-bond donors (Lipinski definition) is 0. The van der Waals surface area contributed by atoms with Gasteiger partial charge < -0.3 is 9.64 Å². The van der Waals surface area contributed by atoms with E-state index in [0.29, 0.717) is 0 Å². The van der Waals surface area contributed by atoms with Gasteiger partial charge in [0.05, 0.1) is 11.1 Å². The van der Waals surface area contributed by atoms with Gasteiger partial charge in [-0.15, -0.1) is 11.3 Å². The fraction of sp³-hybridized carbons (Fsp3) is 0.0189. The molecule has 1 aromatic heterocycles. The largest absolute Gasteiger partial charge is 0.457 e. The summed E-state index contributed by atoms with van der Waals surface area (Å²) < 4.78 is 9.28. The van der Waals surface area contributed by atoms with Crippen LogP contribution in [0.3, 0.4) is 0 Å². The molecule has 10 aromatic rings. The lowest BCUT2D eigenvalue weighted by Gasteiger charge is -2.39. The van der Waals surface area contributed by atoms with E-state index in [-0.39, 0.29) is 0 Å². The third kappa shape index (κ3) is 4.43. The Morgan fingerprint density at radius 1 is 0.411 bits per heavy atom. The number of ether oxygens (including phenoxy) is 1. The van der Waals surface area contributed by atoms with Crippen molar-refractivity contribution in [3.8, 4) is 33.8 Å². The van der Waals surface area contributed by atoms with Crippen LogP contribution in [0.15, 0.2) is 200 Å². The zero-order valence-corrected chi connectivity index (χ0v) is 31.1. The third-order valence-corrected chi connectivity index (χ3v) is 13.0. The van der Waals surface area contributed by atoms with Gasteiger partial charge in [0.25, 0.3) is 0 Å². The van der Waals surface area contributed by atoms with Crippen LogP contribution in [0.2, 0.25) is 0 Å². The molecule has 1 aliphatic heterocycles. The summed E-state index contributed by atoms with van der Waals surface area (Å²) in [4.78, 5) is 2.47. The summed E-state index contributed by atoms with van der Waals surface area (Å²) in [6.07, 6.45) is 0. The van der Waals surface area contributed by atoms with Crippen molar-refractivity contribution in [1.82, 2.24) is 0 Å². The monoisotopic (exact) mass is 731 g/mol. The fourth-order valence-electron chi connectivity index (χ4n) is 9.51. The number of para-hydroxylation sites is 2. The van der Waals surface area contributed by atoms with Crippen LogP contribution in [0.4, 0.5) is 17.1 Å². The highest BCUT2D eigenvalue weighted by molar-refractivity contribution is 7.26. The quantitative estimate of drug-likeness (QED) is 0.179. The van der Waals surface area contributed by atoms with Crippen LogP contribution in [-0.4, -0.2) is 0 Å². The van der Waals surface area contributed by atoms with Crippen LogP contribution in [0.5, 0.6) is 11.5 Å². The smallest absolute Gasteiger partial charge is 0.132 e. The molecule has 12 rings (SSSR count). The summed E-state index contributed by atoms with van der Waals surface area (Å²) in [5.41, 5.74) is 12.6. The molecule has 56 heavy (non-hydrogen) atoms. The lowest BCUT2D eigenvalue weighted by atomic mass is 9.66. The first-order valence-electron chi connectivity index (χ1n) is 19.2. The Morgan fingerprint density at radius 3 is 1.80 bits per heavy atom. The molecule has 0 saturated heterocycles. The molecule has 0 fully saturated rings. The molecule has 1 aliphatic carbocycles. The molecule has 2 aliphatic rings. The van der Waals surface area contributed by atoms with Gasteiger partial charge in [-0.25, -0.2) is 0 Å². The van der Waals surface area contributed by atoms with Crippen LogP contribution in [0.1, 0.15) is 22.3 Å². The molecular weight excluding hydrogens is 699 g/mol. The van der Waals surface area contributed by atoms with Gasteiger partial charge in [-0.3, -0.25) is 0 Å². The number of anilines is 3. The number of fused-ring (bicyclic) bond motifs is 13. The molecule has 9 aromatic carbocycles. The van der Waals surface area contributed by atoms with E-state index in [1.807, 2.05) is 11.3 Å². The summed E-state index contributed by atoms with van der Waals surface area (Å²) in [7, 11) is 0. The summed E-state index contributed by atoms with van der Waals surface area (Å²) in [5.74, 6) is 1.79. The van der Waals surface area contributed by atoms with E-state index in [9.17, 15) is 0 Å². The average molecular weight is 732 g/mol. The lowest BCUT2D eigenvalue weighted by molar-refractivity contribution is 0.436. The molecule has 3 heteroatoms. The van der Waals surface area contributed by atoms with E-state index in [2.05, 4.69) is 205 Å². The first kappa shape index (κ1) is 31.4. The number of benzene rings is 9. The SMILES string of the molecule is c1ccc(-c2ccc(N(c3ccc4c(c3)C3(c5ccccc5Oc5ccccc53)c3cc5ccccc5cc3-4)c3cccc4sc5ccccc5c34)cc2)cc1. The maximum atomic E-state index is 6.72. The molecule has 262 valence electrons. The van der Waals surface area contributed by atoms with Gasteiger partial charge in [0.1, 0.15) is 11.5 Å². The van der Waals surface area contributed by atoms with E-state index in [0.717, 1.165) is 39.7 Å². The molecule has 2 nitrogen and oxygen atoms in total. The molecule has 0 amide bonds. The Kier molecular flexibility index (Phi) is 6.75. The molecule has 0 unspecified atom stereocenters. The minimum absolute atomic E-state index is 0.597. The Bertz CT molecular complexity index is 3130. The van der Waals surface area contributed by atoms with Gasteiger partial charge in [0, 0.05) is 42.7 Å². The zero-order valence-electron chi connectivity index (χ0n) is 30.3. The molecule has 0 bridgehead atoms. The van der Waals surface area contributed by atoms with Crippen molar-refractivity contribution >= 4 is 59.3 Å². The van der Waals surface area contributed by atoms with E-state index in [4.69, 9.17) is 4.74 Å². The predicted octanol–water partition coefficient (Wildman–Crippen LogP) is 14.8. The zero-order chi connectivity index (χ0) is 36.8. The topological polar surface area (TPSA) is 12.5 Å². The van der Waals surface area contributed by atoms with Crippen LogP contribution in [0.25, 0.3) is 53.2 Å². The molecule has 0 radical (unpaired) electrons. The maximum Gasteiger partial charge on any atom is 0.132 e. The van der Waals surface area contributed by atoms with Gasteiger partial charge >= 0.3 is 0 Å². The van der Waals surface area contributed by atoms with E-state index < -0.39 is 5.41 Å². The van der Waals surface area contributed by atoms with E-state index in [1.165, 1.54) is 64.3 Å². The van der Waals surface area contributed by atoms with Crippen molar-refractivity contribution in [2.75, 3.05) is 4.90 Å². The van der Waals surface area contributed by atoms with Crippen molar-refractivity contribution in [3.05, 3.63) is 222 Å². The van der Waals surface area contributed by atoms with Crippen LogP contribution >= 0.6 is 11.3 Å². The van der Waals surface area contributed by atoms with Crippen molar-refractivity contribution in [2.45, 2.75) is 5.41 Å². The van der Waals surface area contributed by atoms with Crippen molar-refractivity contribution in [2.24, 2.45) is 0 Å². The number of thiophene rings is 1. The number of rotatable bonds is 4. The molecule has 1 spiro atoms. The van der Waals surface area contributed by atoms with E-state index in [1.54, 1.807) is 0 Å². The molecule has 0 N–H and O–H groups in total. The molecular formula is C53H33NOS. The normalized spacial score (nSPS) is 13.3. The van der Waals surface area contributed by atoms with Crippen molar-refractivity contribution in [3.63, 3.8) is 0 Å². The van der Waals surface area contributed by atoms with Gasteiger partial charge in [0.2, 0.25) is 0 Å². The lowest BCUT2D eigenvalue weighted by Crippen LogP contribution is -2.32. The van der Waals surface area contributed by atoms with E-state index >= 15 is 0 Å². The summed E-state index contributed by atoms with van der Waals surface area (Å²) in [6.45, 7) is 0. The number of nitrogens with zero attached hydrogens (tertiary/aromatic N) is 1.